The zero-order valence-corrected chi connectivity index (χ0v) is 17.4. The Morgan fingerprint density at radius 1 is 0.935 bits per heavy atom. The van der Waals surface area contributed by atoms with Crippen LogP contribution in [0.4, 0.5) is 0 Å². The van der Waals surface area contributed by atoms with Crippen LogP contribution >= 0.6 is 0 Å². The van der Waals surface area contributed by atoms with Crippen LogP contribution in [-0.4, -0.2) is 29.8 Å². The molecule has 0 saturated carbocycles. The molecule has 0 spiro atoms. The summed E-state index contributed by atoms with van der Waals surface area (Å²) in [5.74, 6) is 0.835. The number of carbonyl (C=O) groups is 1. The minimum Gasteiger partial charge on any atom is -0.497 e. The fourth-order valence-electron chi connectivity index (χ4n) is 3.63. The third kappa shape index (κ3) is 5.07. The lowest BCUT2D eigenvalue weighted by atomic mass is 9.99. The lowest BCUT2D eigenvalue weighted by molar-refractivity contribution is -0.136. The summed E-state index contributed by atoms with van der Waals surface area (Å²) in [6.07, 6.45) is 3.29. The van der Waals surface area contributed by atoms with Crippen LogP contribution in [-0.2, 0) is 17.6 Å². The largest absolute Gasteiger partial charge is 0.497 e. The first-order valence-corrected chi connectivity index (χ1v) is 10.3. The van der Waals surface area contributed by atoms with E-state index in [1.807, 2.05) is 54.7 Å². The second-order valence-corrected chi connectivity index (χ2v) is 7.45. The van der Waals surface area contributed by atoms with Crippen LogP contribution < -0.4 is 9.47 Å². The number of aromatic nitrogens is 1. The van der Waals surface area contributed by atoms with E-state index in [-0.39, 0.29) is 6.42 Å². The molecule has 0 unspecified atom stereocenters. The van der Waals surface area contributed by atoms with Crippen molar-refractivity contribution < 1.29 is 19.4 Å². The maximum absolute atomic E-state index is 11.0. The number of benzene rings is 3. The maximum atomic E-state index is 11.0. The van der Waals surface area contributed by atoms with Gasteiger partial charge in [-0.05, 0) is 71.0 Å². The summed E-state index contributed by atoms with van der Waals surface area (Å²) in [7, 11) is 1.66. The van der Waals surface area contributed by atoms with Crippen LogP contribution in [0.3, 0.4) is 0 Å². The average Bonchev–Trinajstić information content (AvgIpc) is 3.26. The molecule has 2 N–H and O–H groups in total. The van der Waals surface area contributed by atoms with Gasteiger partial charge in [-0.3, -0.25) is 4.79 Å². The molecule has 5 nitrogen and oxygen atoms in total. The second kappa shape index (κ2) is 9.39. The third-order valence-electron chi connectivity index (χ3n) is 5.34. The molecule has 5 heteroatoms. The fourth-order valence-corrected chi connectivity index (χ4v) is 3.63. The van der Waals surface area contributed by atoms with E-state index in [9.17, 15) is 4.79 Å². The number of aliphatic carboxylic acids is 1. The van der Waals surface area contributed by atoms with Gasteiger partial charge in [0.15, 0.2) is 0 Å². The predicted octanol–water partition coefficient (Wildman–Crippen LogP) is 5.48. The van der Waals surface area contributed by atoms with Gasteiger partial charge < -0.3 is 19.6 Å². The number of methoxy groups -OCH3 is 1. The minimum absolute atomic E-state index is 0.105. The van der Waals surface area contributed by atoms with Crippen LogP contribution in [0.25, 0.3) is 22.0 Å². The minimum atomic E-state index is -0.796. The summed E-state index contributed by atoms with van der Waals surface area (Å²) in [6.45, 7) is 0.542. The van der Waals surface area contributed by atoms with E-state index in [0.29, 0.717) is 13.0 Å². The van der Waals surface area contributed by atoms with E-state index < -0.39 is 5.97 Å². The molecule has 0 aliphatic heterocycles. The molecule has 31 heavy (non-hydrogen) atoms. The molecule has 0 aliphatic carbocycles. The smallest absolute Gasteiger partial charge is 0.303 e. The van der Waals surface area contributed by atoms with Crippen molar-refractivity contribution >= 4 is 16.9 Å². The van der Waals surface area contributed by atoms with Crippen molar-refractivity contribution in [1.29, 1.82) is 0 Å². The normalized spacial score (nSPS) is 10.9. The van der Waals surface area contributed by atoms with E-state index in [2.05, 4.69) is 23.2 Å². The van der Waals surface area contributed by atoms with E-state index in [1.165, 1.54) is 5.56 Å². The van der Waals surface area contributed by atoms with Crippen LogP contribution in [0.2, 0.25) is 0 Å². The Kier molecular flexibility index (Phi) is 6.22. The van der Waals surface area contributed by atoms with Gasteiger partial charge in [-0.2, -0.15) is 0 Å². The number of carboxylic acid groups (broad SMARTS) is 1. The van der Waals surface area contributed by atoms with Crippen LogP contribution in [0.1, 0.15) is 17.5 Å². The van der Waals surface area contributed by atoms with Gasteiger partial charge in [0.2, 0.25) is 0 Å². The Morgan fingerprint density at radius 2 is 1.74 bits per heavy atom. The Labute approximate surface area is 181 Å². The van der Waals surface area contributed by atoms with Crippen molar-refractivity contribution in [2.45, 2.75) is 19.3 Å². The highest BCUT2D eigenvalue weighted by Gasteiger charge is 2.11. The Morgan fingerprint density at radius 3 is 2.52 bits per heavy atom. The molecular weight excluding hydrogens is 390 g/mol. The molecule has 0 fully saturated rings. The predicted molar refractivity (Wildman–Crippen MR) is 122 cm³/mol. The molecule has 1 heterocycles. The van der Waals surface area contributed by atoms with Crippen molar-refractivity contribution in [3.8, 4) is 22.6 Å². The number of H-pyrrole nitrogens is 1. The molecule has 0 amide bonds. The number of carboxylic acids is 1. The SMILES string of the molecule is COc1ccc(CCOc2ccc(CCC(=O)O)cc2-c2ccc3[nH]ccc3c2)cc1. The molecule has 0 saturated heterocycles. The van der Waals surface area contributed by atoms with Gasteiger partial charge >= 0.3 is 5.97 Å². The molecule has 4 rings (SSSR count). The van der Waals surface area contributed by atoms with Gasteiger partial charge in [-0.25, -0.2) is 0 Å². The van der Waals surface area contributed by atoms with Crippen LogP contribution in [0, 0.1) is 0 Å². The summed E-state index contributed by atoms with van der Waals surface area (Å²) in [6, 6.07) is 22.2. The molecule has 0 aliphatic rings. The highest BCUT2D eigenvalue weighted by molar-refractivity contribution is 5.86. The Bertz CT molecular complexity index is 1180. The number of hydrogen-bond donors (Lipinski definition) is 2. The molecular formula is C26H25NO4. The topological polar surface area (TPSA) is 71.6 Å². The highest BCUT2D eigenvalue weighted by Crippen LogP contribution is 2.33. The number of rotatable bonds is 9. The standard InChI is InChI=1S/C26H25NO4/c1-30-22-7-2-18(3-8-22)13-15-31-25-10-4-19(5-11-26(28)29)16-23(25)20-6-9-24-21(17-20)12-14-27-24/h2-4,6-10,12,14,16-17,27H,5,11,13,15H2,1H3,(H,28,29). The molecule has 0 atom stereocenters. The van der Waals surface area contributed by atoms with Crippen molar-refractivity contribution in [3.63, 3.8) is 0 Å². The Hall–Kier alpha value is -3.73. The van der Waals surface area contributed by atoms with E-state index >= 15 is 0 Å². The average molecular weight is 415 g/mol. The summed E-state index contributed by atoms with van der Waals surface area (Å²) in [5, 5.41) is 10.2. The van der Waals surface area contributed by atoms with Crippen molar-refractivity contribution in [3.05, 3.63) is 84.1 Å². The van der Waals surface area contributed by atoms with Crippen molar-refractivity contribution in [2.75, 3.05) is 13.7 Å². The van der Waals surface area contributed by atoms with Gasteiger partial charge in [-0.1, -0.05) is 24.3 Å². The summed E-state index contributed by atoms with van der Waals surface area (Å²) < 4.78 is 11.4. The van der Waals surface area contributed by atoms with Gasteiger partial charge in [-0.15, -0.1) is 0 Å². The van der Waals surface area contributed by atoms with E-state index in [1.54, 1.807) is 7.11 Å². The van der Waals surface area contributed by atoms with Gasteiger partial charge in [0.25, 0.3) is 0 Å². The van der Waals surface area contributed by atoms with Gasteiger partial charge in [0.05, 0.1) is 13.7 Å². The maximum Gasteiger partial charge on any atom is 0.303 e. The summed E-state index contributed by atoms with van der Waals surface area (Å²) >= 11 is 0. The number of aryl methyl sites for hydroxylation is 1. The second-order valence-electron chi connectivity index (χ2n) is 7.45. The zero-order chi connectivity index (χ0) is 21.6. The summed E-state index contributed by atoms with van der Waals surface area (Å²) in [5.41, 5.74) is 5.25. The fraction of sp³-hybridized carbons (Fsp3) is 0.192. The molecule has 1 aromatic heterocycles. The van der Waals surface area contributed by atoms with Crippen molar-refractivity contribution in [2.24, 2.45) is 0 Å². The van der Waals surface area contributed by atoms with Crippen molar-refractivity contribution in [1.82, 2.24) is 4.98 Å². The van der Waals surface area contributed by atoms with Crippen LogP contribution in [0.5, 0.6) is 11.5 Å². The monoisotopic (exact) mass is 415 g/mol. The number of aromatic amines is 1. The molecule has 158 valence electrons. The number of fused-ring (bicyclic) bond motifs is 1. The third-order valence-corrected chi connectivity index (χ3v) is 5.34. The molecule has 0 bridgehead atoms. The number of ether oxygens (including phenoxy) is 2. The van der Waals surface area contributed by atoms with Gasteiger partial charge in [0.1, 0.15) is 11.5 Å². The zero-order valence-electron chi connectivity index (χ0n) is 17.4. The Balaban J connectivity index is 1.56. The lowest BCUT2D eigenvalue weighted by Crippen LogP contribution is -2.03. The summed E-state index contributed by atoms with van der Waals surface area (Å²) in [4.78, 5) is 14.2. The highest BCUT2D eigenvalue weighted by atomic mass is 16.5. The first-order chi connectivity index (χ1) is 15.1. The molecule has 3 aromatic carbocycles. The van der Waals surface area contributed by atoms with Gasteiger partial charge in [0, 0.05) is 30.1 Å². The first-order valence-electron chi connectivity index (χ1n) is 10.3. The number of nitrogens with one attached hydrogen (secondary N) is 1. The molecule has 4 aromatic rings. The van der Waals surface area contributed by atoms with Crippen LogP contribution in [0.15, 0.2) is 72.9 Å². The molecule has 0 radical (unpaired) electrons. The first kappa shape index (κ1) is 20.5. The number of hydrogen-bond acceptors (Lipinski definition) is 3. The van der Waals surface area contributed by atoms with E-state index in [0.717, 1.165) is 45.5 Å². The quantitative estimate of drug-likeness (QED) is 0.380. The lowest BCUT2D eigenvalue weighted by Gasteiger charge is -2.14. The van der Waals surface area contributed by atoms with E-state index in [4.69, 9.17) is 14.6 Å².